The number of ether oxygens (including phenoxy) is 2. The van der Waals surface area contributed by atoms with Crippen molar-refractivity contribution in [1.82, 2.24) is 0 Å². The Labute approximate surface area is 271 Å². The molecular formula is C36H64O6Si2. The van der Waals surface area contributed by atoms with Gasteiger partial charge < -0.3 is 18.3 Å². The average Bonchev–Trinajstić information content (AvgIpc) is 2.87. The van der Waals surface area contributed by atoms with E-state index in [1.54, 1.807) is 0 Å². The second-order valence-corrected chi connectivity index (χ2v) is 26.4. The van der Waals surface area contributed by atoms with Gasteiger partial charge in [0.25, 0.3) is 0 Å². The van der Waals surface area contributed by atoms with E-state index in [0.717, 1.165) is 32.1 Å². The number of fused-ring (bicyclic) bond motifs is 1. The van der Waals surface area contributed by atoms with Crippen LogP contribution in [0.1, 0.15) is 107 Å². The monoisotopic (exact) mass is 648 g/mol. The summed E-state index contributed by atoms with van der Waals surface area (Å²) in [5, 5.41) is 0.178. The van der Waals surface area contributed by atoms with Gasteiger partial charge in [-0.25, -0.2) is 0 Å². The highest BCUT2D eigenvalue weighted by Gasteiger charge is 2.47. The predicted molar refractivity (Wildman–Crippen MR) is 184 cm³/mol. The first kappa shape index (κ1) is 37.2. The summed E-state index contributed by atoms with van der Waals surface area (Å²) in [6, 6.07) is 0. The normalized spacial score (nSPS) is 30.1. The summed E-state index contributed by atoms with van der Waals surface area (Å²) in [6.07, 6.45) is 11.3. The third-order valence-corrected chi connectivity index (χ3v) is 20.5. The van der Waals surface area contributed by atoms with E-state index in [-0.39, 0.29) is 64.2 Å². The van der Waals surface area contributed by atoms with Crippen LogP contribution in [0.4, 0.5) is 0 Å². The second kappa shape index (κ2) is 14.3. The molecule has 1 saturated heterocycles. The standard InChI is InChI=1S/C36H64O6Si2/c1-14-25(15-2)34(38)40-31-22-28(41-43(10,11)35(4,5)6)20-26-17-16-24(3)30(33(26)31)19-18-27-21-29(23-32(37)39-27)42-44(12,13)36(7,8)9/h16-17,20,24-25,27-31,33H,14-15,18-19,21-23H2,1-13H3/t24-,27+,28+,29+,30-,31-,33-/m0/s1. The molecule has 0 unspecified atom stereocenters. The molecule has 6 nitrogen and oxygen atoms in total. The number of carbonyl (C=O) groups excluding carboxylic acids is 2. The molecule has 1 heterocycles. The molecule has 1 aliphatic heterocycles. The van der Waals surface area contributed by atoms with Gasteiger partial charge in [-0.2, -0.15) is 0 Å². The van der Waals surface area contributed by atoms with Crippen molar-refractivity contribution in [3.8, 4) is 0 Å². The second-order valence-electron chi connectivity index (χ2n) is 16.8. The smallest absolute Gasteiger partial charge is 0.309 e. The fraction of sp³-hybridized carbons (Fsp3) is 0.833. The molecule has 0 aromatic heterocycles. The first-order valence-corrected chi connectivity index (χ1v) is 23.2. The summed E-state index contributed by atoms with van der Waals surface area (Å²) >= 11 is 0. The Morgan fingerprint density at radius 1 is 0.955 bits per heavy atom. The zero-order valence-electron chi connectivity index (χ0n) is 30.3. The maximum Gasteiger partial charge on any atom is 0.309 e. The van der Waals surface area contributed by atoms with Gasteiger partial charge in [0, 0.05) is 18.8 Å². The molecule has 0 N–H and O–H groups in total. The van der Waals surface area contributed by atoms with E-state index in [1.165, 1.54) is 5.57 Å². The molecule has 3 rings (SSSR count). The fourth-order valence-electron chi connectivity index (χ4n) is 6.56. The van der Waals surface area contributed by atoms with E-state index < -0.39 is 16.6 Å². The van der Waals surface area contributed by atoms with Crippen molar-refractivity contribution in [2.24, 2.45) is 23.7 Å². The number of hydrogen-bond acceptors (Lipinski definition) is 6. The van der Waals surface area contributed by atoms with Gasteiger partial charge in [-0.3, -0.25) is 9.59 Å². The van der Waals surface area contributed by atoms with Crippen LogP contribution in [0.5, 0.6) is 0 Å². The Balaban J connectivity index is 1.83. The van der Waals surface area contributed by atoms with E-state index in [2.05, 4.69) is 107 Å². The van der Waals surface area contributed by atoms with Gasteiger partial charge in [-0.1, -0.05) is 80.5 Å². The molecule has 0 bridgehead atoms. The molecular weight excluding hydrogens is 585 g/mol. The van der Waals surface area contributed by atoms with Crippen LogP contribution in [0.15, 0.2) is 23.8 Å². The highest BCUT2D eigenvalue weighted by atomic mass is 28.4. The predicted octanol–water partition coefficient (Wildman–Crippen LogP) is 9.37. The molecule has 1 fully saturated rings. The summed E-state index contributed by atoms with van der Waals surface area (Å²) in [5.74, 6) is 0.384. The average molecular weight is 649 g/mol. The Kier molecular flexibility index (Phi) is 12.1. The first-order valence-electron chi connectivity index (χ1n) is 17.3. The fourth-order valence-corrected chi connectivity index (χ4v) is 9.20. The number of rotatable bonds is 11. The Hall–Kier alpha value is -1.23. The van der Waals surface area contributed by atoms with E-state index in [0.29, 0.717) is 18.8 Å². The molecule has 8 heteroatoms. The molecule has 0 radical (unpaired) electrons. The largest absolute Gasteiger partial charge is 0.462 e. The quantitative estimate of drug-likeness (QED) is 0.164. The van der Waals surface area contributed by atoms with Crippen LogP contribution < -0.4 is 0 Å². The SMILES string of the molecule is CCC(CC)C(=O)O[C@H]1C[C@H](O[Si](C)(C)C(C)(C)C)C=C2C=C[C@H](C)[C@H](CC[C@@H]3C[C@@H](O[Si](C)(C)C(C)(C)C)CC(=O)O3)[C@H]21. The maximum absolute atomic E-state index is 13.4. The lowest BCUT2D eigenvalue weighted by atomic mass is 9.66. The summed E-state index contributed by atoms with van der Waals surface area (Å²) in [4.78, 5) is 26.1. The molecule has 252 valence electrons. The molecule has 7 atom stereocenters. The van der Waals surface area contributed by atoms with Crippen LogP contribution in [0.25, 0.3) is 0 Å². The number of cyclic esters (lactones) is 1. The van der Waals surface area contributed by atoms with E-state index >= 15 is 0 Å². The lowest BCUT2D eigenvalue weighted by molar-refractivity contribution is -0.162. The van der Waals surface area contributed by atoms with Crippen LogP contribution >= 0.6 is 0 Å². The molecule has 0 aromatic rings. The van der Waals surface area contributed by atoms with Crippen molar-refractivity contribution in [3.63, 3.8) is 0 Å². The first-order chi connectivity index (χ1) is 20.2. The minimum atomic E-state index is -2.03. The molecule has 0 spiro atoms. The molecule has 0 amide bonds. The van der Waals surface area contributed by atoms with Gasteiger partial charge in [0.15, 0.2) is 16.6 Å². The zero-order chi connectivity index (χ0) is 33.3. The lowest BCUT2D eigenvalue weighted by Gasteiger charge is -2.46. The van der Waals surface area contributed by atoms with Crippen molar-refractivity contribution in [2.75, 3.05) is 0 Å². The molecule has 44 heavy (non-hydrogen) atoms. The van der Waals surface area contributed by atoms with Crippen molar-refractivity contribution < 1.29 is 27.9 Å². The summed E-state index contributed by atoms with van der Waals surface area (Å²) in [6.45, 7) is 29.0. The van der Waals surface area contributed by atoms with Gasteiger partial charge in [0.1, 0.15) is 12.2 Å². The van der Waals surface area contributed by atoms with Gasteiger partial charge in [0.05, 0.1) is 24.5 Å². The van der Waals surface area contributed by atoms with Crippen LogP contribution in [0.2, 0.25) is 36.3 Å². The molecule has 0 aromatic carbocycles. The minimum Gasteiger partial charge on any atom is -0.462 e. The van der Waals surface area contributed by atoms with Crippen LogP contribution in [0.3, 0.4) is 0 Å². The van der Waals surface area contributed by atoms with Gasteiger partial charge in [0.2, 0.25) is 0 Å². The Bertz CT molecular complexity index is 1060. The van der Waals surface area contributed by atoms with Crippen molar-refractivity contribution >= 4 is 28.6 Å². The van der Waals surface area contributed by atoms with Gasteiger partial charge >= 0.3 is 11.9 Å². The summed E-state index contributed by atoms with van der Waals surface area (Å²) in [7, 11) is -4.03. The minimum absolute atomic E-state index is 0.0760. The van der Waals surface area contributed by atoms with Gasteiger partial charge in [-0.05, 0) is 79.4 Å². The van der Waals surface area contributed by atoms with Crippen molar-refractivity contribution in [1.29, 1.82) is 0 Å². The zero-order valence-corrected chi connectivity index (χ0v) is 32.3. The third kappa shape index (κ3) is 8.98. The lowest BCUT2D eigenvalue weighted by Crippen LogP contribution is -2.48. The van der Waals surface area contributed by atoms with E-state index in [4.69, 9.17) is 18.3 Å². The number of esters is 2. The van der Waals surface area contributed by atoms with Gasteiger partial charge in [-0.15, -0.1) is 0 Å². The highest BCUT2D eigenvalue weighted by Crippen LogP contribution is 2.47. The topological polar surface area (TPSA) is 71.1 Å². The Morgan fingerprint density at radius 2 is 1.55 bits per heavy atom. The highest BCUT2D eigenvalue weighted by molar-refractivity contribution is 6.74. The van der Waals surface area contributed by atoms with E-state index in [1.807, 2.05) is 0 Å². The number of carbonyl (C=O) groups is 2. The summed E-state index contributed by atoms with van der Waals surface area (Å²) < 4.78 is 25.9. The third-order valence-electron chi connectivity index (χ3n) is 11.5. The van der Waals surface area contributed by atoms with Crippen LogP contribution in [-0.4, -0.2) is 53.0 Å². The number of hydrogen-bond donors (Lipinski definition) is 0. The number of allylic oxidation sites excluding steroid dienone is 2. The Morgan fingerprint density at radius 3 is 2.11 bits per heavy atom. The summed E-state index contributed by atoms with van der Waals surface area (Å²) in [5.41, 5.74) is 1.23. The maximum atomic E-state index is 13.4. The van der Waals surface area contributed by atoms with Crippen LogP contribution in [0, 0.1) is 23.7 Å². The van der Waals surface area contributed by atoms with Crippen molar-refractivity contribution in [2.45, 2.75) is 168 Å². The van der Waals surface area contributed by atoms with Crippen LogP contribution in [-0.2, 0) is 27.9 Å². The molecule has 3 aliphatic rings. The molecule has 2 aliphatic carbocycles. The van der Waals surface area contributed by atoms with Crippen molar-refractivity contribution in [3.05, 3.63) is 23.8 Å². The molecule has 0 saturated carbocycles. The van der Waals surface area contributed by atoms with E-state index in [9.17, 15) is 9.59 Å².